The first-order valence-electron chi connectivity index (χ1n) is 8.19. The fourth-order valence-electron chi connectivity index (χ4n) is 2.42. The maximum Gasteiger partial charge on any atom is 0.331 e. The number of carbonyl (C=O) groups excluding carboxylic acids is 2. The van der Waals surface area contributed by atoms with Gasteiger partial charge in [0.15, 0.2) is 6.10 Å². The van der Waals surface area contributed by atoms with Gasteiger partial charge >= 0.3 is 5.97 Å². The molecule has 6 nitrogen and oxygen atoms in total. The standard InChI is InChI=1S/C19H22ClN3O3/c1-12-16(13(2)23(4)22-12)9-10-18(24)26-14(3)19(25)21-11-15-7-5-6-8-17(15)20/h5-10,14H,11H2,1-4H3,(H,21,25)/b10-9+/t14-/m0/s1. The number of nitrogens with one attached hydrogen (secondary N) is 1. The summed E-state index contributed by atoms with van der Waals surface area (Å²) >= 11 is 6.05. The highest BCUT2D eigenvalue weighted by atomic mass is 35.5. The van der Waals surface area contributed by atoms with Crippen molar-refractivity contribution < 1.29 is 14.3 Å². The van der Waals surface area contributed by atoms with E-state index in [1.54, 1.807) is 16.8 Å². The van der Waals surface area contributed by atoms with Gasteiger partial charge in [0.25, 0.3) is 5.91 Å². The molecular formula is C19H22ClN3O3. The molecule has 1 atom stereocenters. The van der Waals surface area contributed by atoms with Crippen LogP contribution < -0.4 is 5.32 Å². The third-order valence-electron chi connectivity index (χ3n) is 4.02. The van der Waals surface area contributed by atoms with Crippen LogP contribution in [0.4, 0.5) is 0 Å². The lowest BCUT2D eigenvalue weighted by Gasteiger charge is -2.13. The third-order valence-corrected chi connectivity index (χ3v) is 4.39. The number of rotatable bonds is 6. The minimum Gasteiger partial charge on any atom is -0.449 e. The molecule has 0 aliphatic carbocycles. The molecule has 7 heteroatoms. The Labute approximate surface area is 157 Å². The van der Waals surface area contributed by atoms with Gasteiger partial charge in [0, 0.05) is 35.9 Å². The van der Waals surface area contributed by atoms with Crippen LogP contribution in [0.1, 0.15) is 29.4 Å². The minimum absolute atomic E-state index is 0.268. The Morgan fingerprint density at radius 3 is 2.65 bits per heavy atom. The number of hydrogen-bond acceptors (Lipinski definition) is 4. The lowest BCUT2D eigenvalue weighted by Crippen LogP contribution is -2.35. The number of aryl methyl sites for hydroxylation is 2. The van der Waals surface area contributed by atoms with Gasteiger partial charge in [-0.15, -0.1) is 0 Å². The van der Waals surface area contributed by atoms with Gasteiger partial charge in [-0.2, -0.15) is 5.10 Å². The maximum absolute atomic E-state index is 12.1. The second kappa shape index (κ2) is 8.67. The Balaban J connectivity index is 1.89. The Hall–Kier alpha value is -2.60. The van der Waals surface area contributed by atoms with E-state index >= 15 is 0 Å². The topological polar surface area (TPSA) is 73.2 Å². The molecule has 1 aromatic heterocycles. The molecule has 0 saturated heterocycles. The van der Waals surface area contributed by atoms with E-state index in [9.17, 15) is 9.59 Å². The predicted molar refractivity (Wildman–Crippen MR) is 101 cm³/mol. The van der Waals surface area contributed by atoms with Gasteiger partial charge in [0.1, 0.15) is 0 Å². The molecule has 0 aliphatic heterocycles. The second-order valence-electron chi connectivity index (χ2n) is 5.93. The number of ether oxygens (including phenoxy) is 1. The highest BCUT2D eigenvalue weighted by Gasteiger charge is 2.17. The number of benzene rings is 1. The van der Waals surface area contributed by atoms with Crippen LogP contribution >= 0.6 is 11.6 Å². The maximum atomic E-state index is 12.1. The van der Waals surface area contributed by atoms with Gasteiger partial charge in [-0.3, -0.25) is 9.48 Å². The SMILES string of the molecule is Cc1nn(C)c(C)c1/C=C/C(=O)O[C@@H](C)C(=O)NCc1ccccc1Cl. The molecular weight excluding hydrogens is 354 g/mol. The van der Waals surface area contributed by atoms with Crippen LogP contribution in [0.3, 0.4) is 0 Å². The summed E-state index contributed by atoms with van der Waals surface area (Å²) in [5.74, 6) is -0.978. The van der Waals surface area contributed by atoms with Crippen molar-refractivity contribution >= 4 is 29.6 Å². The van der Waals surface area contributed by atoms with Crippen LogP contribution in [0.5, 0.6) is 0 Å². The first-order chi connectivity index (χ1) is 12.3. The van der Waals surface area contributed by atoms with Crippen LogP contribution in [0, 0.1) is 13.8 Å². The first-order valence-corrected chi connectivity index (χ1v) is 8.57. The van der Waals surface area contributed by atoms with Gasteiger partial charge in [-0.1, -0.05) is 29.8 Å². The van der Waals surface area contributed by atoms with Crippen LogP contribution in [0.25, 0.3) is 6.08 Å². The first kappa shape index (κ1) is 19.7. The van der Waals surface area contributed by atoms with Crippen molar-refractivity contribution in [2.75, 3.05) is 0 Å². The lowest BCUT2D eigenvalue weighted by atomic mass is 10.2. The monoisotopic (exact) mass is 375 g/mol. The third kappa shape index (κ3) is 4.95. The summed E-state index contributed by atoms with van der Waals surface area (Å²) in [7, 11) is 1.84. The lowest BCUT2D eigenvalue weighted by molar-refractivity contribution is -0.150. The number of esters is 1. The van der Waals surface area contributed by atoms with Gasteiger partial charge in [-0.05, 0) is 38.5 Å². The van der Waals surface area contributed by atoms with Crippen LogP contribution in [-0.2, 0) is 27.9 Å². The molecule has 1 amide bonds. The molecule has 2 aromatic rings. The van der Waals surface area contributed by atoms with E-state index in [2.05, 4.69) is 10.4 Å². The number of halogens is 1. The Morgan fingerprint density at radius 2 is 2.04 bits per heavy atom. The fraction of sp³-hybridized carbons (Fsp3) is 0.316. The van der Waals surface area contributed by atoms with Crippen molar-refractivity contribution in [2.45, 2.75) is 33.4 Å². The van der Waals surface area contributed by atoms with Crippen molar-refractivity contribution in [3.8, 4) is 0 Å². The van der Waals surface area contributed by atoms with E-state index in [4.69, 9.17) is 16.3 Å². The molecule has 0 radical (unpaired) electrons. The summed E-state index contributed by atoms with van der Waals surface area (Å²) in [4.78, 5) is 24.0. The largest absolute Gasteiger partial charge is 0.449 e. The molecule has 26 heavy (non-hydrogen) atoms. The van der Waals surface area contributed by atoms with Crippen molar-refractivity contribution in [1.82, 2.24) is 15.1 Å². The van der Waals surface area contributed by atoms with Crippen molar-refractivity contribution in [3.63, 3.8) is 0 Å². The van der Waals surface area contributed by atoms with E-state index in [1.807, 2.05) is 39.1 Å². The summed E-state index contributed by atoms with van der Waals surface area (Å²) in [6, 6.07) is 7.22. The number of nitrogens with zero attached hydrogens (tertiary/aromatic N) is 2. The summed E-state index contributed by atoms with van der Waals surface area (Å²) in [5.41, 5.74) is 3.42. The molecule has 0 fully saturated rings. The highest BCUT2D eigenvalue weighted by molar-refractivity contribution is 6.31. The Kier molecular flexibility index (Phi) is 6.58. The van der Waals surface area contributed by atoms with E-state index in [0.717, 1.165) is 22.5 Å². The van der Waals surface area contributed by atoms with Crippen LogP contribution in [0.15, 0.2) is 30.3 Å². The van der Waals surface area contributed by atoms with E-state index in [-0.39, 0.29) is 12.5 Å². The number of carbonyl (C=O) groups is 2. The minimum atomic E-state index is -0.911. The molecule has 1 N–H and O–H groups in total. The molecule has 0 unspecified atom stereocenters. The molecule has 138 valence electrons. The normalized spacial score (nSPS) is 12.2. The van der Waals surface area contributed by atoms with Crippen molar-refractivity contribution in [1.29, 1.82) is 0 Å². The Morgan fingerprint density at radius 1 is 1.35 bits per heavy atom. The zero-order valence-electron chi connectivity index (χ0n) is 15.2. The van der Waals surface area contributed by atoms with Gasteiger partial charge in [0.05, 0.1) is 5.69 Å². The average molecular weight is 376 g/mol. The molecule has 0 spiro atoms. The number of aromatic nitrogens is 2. The summed E-state index contributed by atoms with van der Waals surface area (Å²) in [6.07, 6.45) is 2.04. The smallest absolute Gasteiger partial charge is 0.331 e. The molecule has 1 aromatic carbocycles. The summed E-state index contributed by atoms with van der Waals surface area (Å²) in [5, 5.41) is 7.55. The van der Waals surface area contributed by atoms with E-state index in [1.165, 1.54) is 13.0 Å². The quantitative estimate of drug-likeness (QED) is 0.622. The van der Waals surface area contributed by atoms with E-state index < -0.39 is 12.1 Å². The Bertz CT molecular complexity index is 843. The second-order valence-corrected chi connectivity index (χ2v) is 6.34. The van der Waals surface area contributed by atoms with Gasteiger partial charge < -0.3 is 10.1 Å². The number of hydrogen-bond donors (Lipinski definition) is 1. The molecule has 0 saturated carbocycles. The van der Waals surface area contributed by atoms with Crippen molar-refractivity contribution in [3.05, 3.63) is 57.9 Å². The average Bonchev–Trinajstić information content (AvgIpc) is 2.84. The van der Waals surface area contributed by atoms with Crippen molar-refractivity contribution in [2.24, 2.45) is 7.05 Å². The zero-order valence-corrected chi connectivity index (χ0v) is 16.0. The van der Waals surface area contributed by atoms with Gasteiger partial charge in [0.2, 0.25) is 0 Å². The van der Waals surface area contributed by atoms with Gasteiger partial charge in [-0.25, -0.2) is 4.79 Å². The molecule has 0 aliphatic rings. The van der Waals surface area contributed by atoms with Crippen LogP contribution in [-0.4, -0.2) is 27.8 Å². The number of amides is 1. The summed E-state index contributed by atoms with van der Waals surface area (Å²) in [6.45, 7) is 5.57. The van der Waals surface area contributed by atoms with E-state index in [0.29, 0.717) is 5.02 Å². The molecule has 0 bridgehead atoms. The fourth-order valence-corrected chi connectivity index (χ4v) is 2.62. The molecule has 2 rings (SSSR count). The van der Waals surface area contributed by atoms with Crippen LogP contribution in [0.2, 0.25) is 5.02 Å². The highest BCUT2D eigenvalue weighted by Crippen LogP contribution is 2.15. The predicted octanol–water partition coefficient (Wildman–Crippen LogP) is 2.95. The molecule has 1 heterocycles. The zero-order chi connectivity index (χ0) is 19.3. The summed E-state index contributed by atoms with van der Waals surface area (Å²) < 4.78 is 6.88.